The number of carboxylic acids is 1. The van der Waals surface area contributed by atoms with Gasteiger partial charge in [0.25, 0.3) is 0 Å². The number of aliphatic carboxylic acids is 1. The van der Waals surface area contributed by atoms with Crippen molar-refractivity contribution in [3.05, 3.63) is 55.5 Å². The van der Waals surface area contributed by atoms with Gasteiger partial charge in [-0.3, -0.25) is 9.59 Å². The summed E-state index contributed by atoms with van der Waals surface area (Å²) in [7, 11) is 0. The van der Waals surface area contributed by atoms with Crippen LogP contribution in [0, 0.1) is 27.7 Å². The highest BCUT2D eigenvalue weighted by molar-refractivity contribution is 9.11. The van der Waals surface area contributed by atoms with Crippen molar-refractivity contribution in [2.45, 2.75) is 27.7 Å². The lowest BCUT2D eigenvalue weighted by Gasteiger charge is -2.22. The molecule has 0 aliphatic carbocycles. The molecule has 0 unspecified atom stereocenters. The molecule has 2 aromatic rings. The van der Waals surface area contributed by atoms with Crippen LogP contribution >= 0.6 is 63.7 Å². The number of hydrogen-bond acceptors (Lipinski definition) is 5. The molecule has 0 fully saturated rings. The largest absolute Gasteiger partial charge is 0.481 e. The van der Waals surface area contributed by atoms with E-state index in [0.29, 0.717) is 13.1 Å². The minimum Gasteiger partial charge on any atom is -0.481 e. The Balaban J connectivity index is 0.000000567. The van der Waals surface area contributed by atoms with Crippen molar-refractivity contribution in [3.63, 3.8) is 0 Å². The Morgan fingerprint density at radius 3 is 1.60 bits per heavy atom. The van der Waals surface area contributed by atoms with E-state index in [2.05, 4.69) is 95.0 Å². The summed E-state index contributed by atoms with van der Waals surface area (Å²) in [5.74, 6) is -0.884. The highest BCUT2D eigenvalue weighted by Gasteiger charge is 2.15. The fraction of sp³-hybridized carbons (Fsp3) is 0.417. The van der Waals surface area contributed by atoms with E-state index in [4.69, 9.17) is 15.3 Å². The fourth-order valence-corrected chi connectivity index (χ4v) is 3.66. The first-order valence-corrected chi connectivity index (χ1v) is 14.4. The third kappa shape index (κ3) is 12.7. The van der Waals surface area contributed by atoms with Gasteiger partial charge in [0, 0.05) is 33.4 Å². The minimum absolute atomic E-state index is 0.0347. The lowest BCUT2D eigenvalue weighted by molar-refractivity contribution is -0.133. The van der Waals surface area contributed by atoms with E-state index >= 15 is 0 Å². The van der Waals surface area contributed by atoms with Crippen LogP contribution in [0.25, 0.3) is 0 Å². The Hall–Kier alpha value is -0.980. The molecule has 2 rings (SSSR count). The van der Waals surface area contributed by atoms with Gasteiger partial charge in [-0.2, -0.15) is 0 Å². The SMILES string of the molecule is Cc1cc(N(CCO)C(=O)CBr)cc(C)c1Br.Cc1cc(NCCO)cc(C)c1Br.O=C(O)CBr. The Kier molecular flexibility index (Phi) is 17.8. The molecule has 0 spiro atoms. The quantitative estimate of drug-likeness (QED) is 0.258. The minimum atomic E-state index is -0.829. The van der Waals surface area contributed by atoms with Gasteiger partial charge in [0.2, 0.25) is 5.91 Å². The molecule has 0 heterocycles. The van der Waals surface area contributed by atoms with Crippen molar-refractivity contribution in [2.24, 2.45) is 0 Å². The summed E-state index contributed by atoms with van der Waals surface area (Å²) in [6.45, 7) is 9.10. The molecule has 196 valence electrons. The van der Waals surface area contributed by atoms with E-state index in [1.54, 1.807) is 4.90 Å². The fourth-order valence-electron chi connectivity index (χ4n) is 2.90. The highest BCUT2D eigenvalue weighted by Crippen LogP contribution is 2.27. The van der Waals surface area contributed by atoms with Crippen LogP contribution in [0.3, 0.4) is 0 Å². The number of anilines is 2. The van der Waals surface area contributed by atoms with Crippen molar-refractivity contribution >= 4 is 87.0 Å². The molecule has 2 aromatic carbocycles. The van der Waals surface area contributed by atoms with Crippen molar-refractivity contribution in [2.75, 3.05) is 47.2 Å². The number of nitrogens with one attached hydrogen (secondary N) is 1. The van der Waals surface area contributed by atoms with Gasteiger partial charge >= 0.3 is 5.97 Å². The Morgan fingerprint density at radius 2 is 1.26 bits per heavy atom. The van der Waals surface area contributed by atoms with Gasteiger partial charge in [0.15, 0.2) is 0 Å². The topological polar surface area (TPSA) is 110 Å². The summed E-state index contributed by atoms with van der Waals surface area (Å²) in [6.07, 6.45) is 0. The first kappa shape index (κ1) is 34.0. The number of hydrogen-bond donors (Lipinski definition) is 4. The number of rotatable bonds is 8. The molecule has 0 aromatic heterocycles. The molecule has 35 heavy (non-hydrogen) atoms. The number of aryl methyl sites for hydroxylation is 4. The summed E-state index contributed by atoms with van der Waals surface area (Å²) >= 11 is 12.9. The Labute approximate surface area is 240 Å². The van der Waals surface area contributed by atoms with Gasteiger partial charge in [0.1, 0.15) is 5.33 Å². The second-order valence-corrected chi connectivity index (χ2v) is 10.1. The molecule has 0 bridgehead atoms. The molecule has 0 saturated carbocycles. The molecular formula is C24H32Br4N2O5. The molecule has 7 nitrogen and oxygen atoms in total. The van der Waals surface area contributed by atoms with Crippen molar-refractivity contribution in [3.8, 4) is 0 Å². The number of halogens is 4. The van der Waals surface area contributed by atoms with E-state index in [1.807, 2.05) is 26.0 Å². The van der Waals surface area contributed by atoms with Crippen LogP contribution in [0.4, 0.5) is 11.4 Å². The van der Waals surface area contributed by atoms with Gasteiger partial charge in [-0.05, 0) is 74.2 Å². The maximum atomic E-state index is 11.8. The van der Waals surface area contributed by atoms with E-state index in [-0.39, 0.29) is 29.8 Å². The zero-order chi connectivity index (χ0) is 27.1. The van der Waals surface area contributed by atoms with Crippen molar-refractivity contribution in [1.29, 1.82) is 0 Å². The van der Waals surface area contributed by atoms with Crippen LogP contribution in [0.15, 0.2) is 33.2 Å². The van der Waals surface area contributed by atoms with Crippen molar-refractivity contribution < 1.29 is 24.9 Å². The van der Waals surface area contributed by atoms with Crippen LogP contribution in [0.2, 0.25) is 0 Å². The van der Waals surface area contributed by atoms with Gasteiger partial charge in [-0.1, -0.05) is 63.7 Å². The molecule has 0 saturated heterocycles. The molecule has 4 N–H and O–H groups in total. The monoisotopic (exact) mass is 744 g/mol. The Morgan fingerprint density at radius 1 is 0.829 bits per heavy atom. The summed E-state index contributed by atoms with van der Waals surface area (Å²) < 4.78 is 2.21. The molecule has 0 aliphatic heterocycles. The van der Waals surface area contributed by atoms with Gasteiger partial charge in [0.05, 0.1) is 18.5 Å². The van der Waals surface area contributed by atoms with E-state index in [9.17, 15) is 9.59 Å². The number of carboxylic acid groups (broad SMARTS) is 1. The van der Waals surface area contributed by atoms with Crippen LogP contribution in [0.1, 0.15) is 22.3 Å². The summed E-state index contributed by atoms with van der Waals surface area (Å²) in [5.41, 5.74) is 6.45. The second-order valence-electron chi connectivity index (χ2n) is 7.40. The predicted molar refractivity (Wildman–Crippen MR) is 157 cm³/mol. The predicted octanol–water partition coefficient (Wildman–Crippen LogP) is 5.72. The second kappa shape index (κ2) is 18.3. The zero-order valence-corrected chi connectivity index (χ0v) is 26.5. The maximum absolute atomic E-state index is 11.8. The number of carbonyl (C=O) groups excluding carboxylic acids is 1. The third-order valence-corrected chi connectivity index (χ3v) is 7.92. The number of benzene rings is 2. The lowest BCUT2D eigenvalue weighted by Crippen LogP contribution is -2.34. The molecule has 0 radical (unpaired) electrons. The van der Waals surface area contributed by atoms with Crippen molar-refractivity contribution in [1.82, 2.24) is 0 Å². The zero-order valence-electron chi connectivity index (χ0n) is 20.2. The summed E-state index contributed by atoms with van der Waals surface area (Å²) in [6, 6.07) is 8.00. The van der Waals surface area contributed by atoms with Crippen LogP contribution in [-0.2, 0) is 9.59 Å². The number of aliphatic hydroxyl groups excluding tert-OH is 2. The standard InChI is InChI=1S/C12H15Br2NO2.C10H14BrNO.C2H3BrO2/c1-8-5-10(6-9(2)12(8)14)15(3-4-16)11(17)7-13;1-7-5-9(12-3-4-13)6-8(2)10(7)11;3-1-2(4)5/h5-6,16H,3-4,7H2,1-2H3;5-6,12-13H,3-4H2,1-2H3;1H2,(H,4,5). The number of aliphatic hydroxyl groups is 2. The van der Waals surface area contributed by atoms with Crippen LogP contribution < -0.4 is 10.2 Å². The summed E-state index contributed by atoms with van der Waals surface area (Å²) in [4.78, 5) is 22.7. The van der Waals surface area contributed by atoms with E-state index in [1.165, 1.54) is 11.1 Å². The molecule has 11 heteroatoms. The van der Waals surface area contributed by atoms with Gasteiger partial charge < -0.3 is 25.5 Å². The van der Waals surface area contributed by atoms with Gasteiger partial charge in [-0.25, -0.2) is 0 Å². The third-order valence-electron chi connectivity index (χ3n) is 4.46. The first-order chi connectivity index (χ1) is 16.4. The molecular weight excluding hydrogens is 716 g/mol. The number of amides is 1. The Bertz CT molecular complexity index is 927. The first-order valence-electron chi connectivity index (χ1n) is 10.6. The average Bonchev–Trinajstić information content (AvgIpc) is 2.82. The smallest absolute Gasteiger partial charge is 0.314 e. The molecule has 0 aliphatic rings. The van der Waals surface area contributed by atoms with Crippen LogP contribution in [-0.4, -0.2) is 64.2 Å². The lowest BCUT2D eigenvalue weighted by atomic mass is 10.1. The maximum Gasteiger partial charge on any atom is 0.314 e. The van der Waals surface area contributed by atoms with Gasteiger partial charge in [-0.15, -0.1) is 0 Å². The highest BCUT2D eigenvalue weighted by atomic mass is 79.9. The number of carbonyl (C=O) groups is 2. The number of alkyl halides is 2. The molecule has 0 atom stereocenters. The number of nitrogens with zero attached hydrogens (tertiary/aromatic N) is 1. The normalized spacial score (nSPS) is 9.89. The summed E-state index contributed by atoms with van der Waals surface area (Å²) in [5, 5.41) is 28.8. The van der Waals surface area contributed by atoms with E-state index < -0.39 is 5.97 Å². The van der Waals surface area contributed by atoms with E-state index in [0.717, 1.165) is 31.4 Å². The molecule has 1 amide bonds. The van der Waals surface area contributed by atoms with Crippen LogP contribution in [0.5, 0.6) is 0 Å². The average molecular weight is 748 g/mol.